The molecule has 0 amide bonds. The zero-order valence-corrected chi connectivity index (χ0v) is 11.0. The predicted molar refractivity (Wildman–Crippen MR) is 72.2 cm³/mol. The molecule has 0 saturated carbocycles. The summed E-state index contributed by atoms with van der Waals surface area (Å²) in [5.74, 6) is -1.87. The molecular formula is C15H13F2NO2. The lowest BCUT2D eigenvalue weighted by Gasteiger charge is -2.13. The maximum absolute atomic E-state index is 14.0. The summed E-state index contributed by atoms with van der Waals surface area (Å²) in [7, 11) is 1.20. The number of benzene rings is 2. The highest BCUT2D eigenvalue weighted by atomic mass is 19.1. The number of rotatable bonds is 3. The lowest BCUT2D eigenvalue weighted by molar-refractivity contribution is 0.0601. The van der Waals surface area contributed by atoms with Crippen LogP contribution in [0, 0.1) is 18.6 Å². The Labute approximate surface area is 115 Å². The van der Waals surface area contributed by atoms with E-state index in [2.05, 4.69) is 10.1 Å². The summed E-state index contributed by atoms with van der Waals surface area (Å²) in [4.78, 5) is 11.7. The molecule has 0 saturated heterocycles. The molecule has 2 aromatic carbocycles. The van der Waals surface area contributed by atoms with E-state index >= 15 is 0 Å². The second kappa shape index (κ2) is 5.69. The summed E-state index contributed by atoms with van der Waals surface area (Å²) >= 11 is 0. The van der Waals surface area contributed by atoms with Gasteiger partial charge in [-0.05, 0) is 36.8 Å². The van der Waals surface area contributed by atoms with Crippen LogP contribution in [0.3, 0.4) is 0 Å². The number of carbonyl (C=O) groups excluding carboxylic acids is 1. The smallest absolute Gasteiger partial charge is 0.340 e. The molecule has 20 heavy (non-hydrogen) atoms. The van der Waals surface area contributed by atoms with Gasteiger partial charge in [-0.3, -0.25) is 0 Å². The van der Waals surface area contributed by atoms with Gasteiger partial charge in [0.2, 0.25) is 0 Å². The Morgan fingerprint density at radius 2 is 1.85 bits per heavy atom. The quantitative estimate of drug-likeness (QED) is 0.867. The number of hydrogen-bond acceptors (Lipinski definition) is 3. The molecule has 0 aliphatic rings. The fraction of sp³-hybridized carbons (Fsp3) is 0.133. The molecule has 5 heteroatoms. The van der Waals surface area contributed by atoms with E-state index in [9.17, 15) is 13.6 Å². The Hall–Kier alpha value is -2.43. The third kappa shape index (κ3) is 2.77. The van der Waals surface area contributed by atoms with E-state index in [1.54, 1.807) is 13.0 Å². The predicted octanol–water partition coefficient (Wildman–Crippen LogP) is 3.80. The molecule has 3 nitrogen and oxygen atoms in total. The van der Waals surface area contributed by atoms with Crippen LogP contribution in [0.15, 0.2) is 36.4 Å². The number of hydrogen-bond donors (Lipinski definition) is 1. The van der Waals surface area contributed by atoms with Crippen molar-refractivity contribution in [3.63, 3.8) is 0 Å². The van der Waals surface area contributed by atoms with Crippen LogP contribution in [-0.2, 0) is 4.74 Å². The SMILES string of the molecule is COC(=O)c1cc(C)cc(F)c1Nc1ccccc1F. The molecule has 0 radical (unpaired) electrons. The maximum Gasteiger partial charge on any atom is 0.340 e. The van der Waals surface area contributed by atoms with Gasteiger partial charge in [-0.25, -0.2) is 13.6 Å². The van der Waals surface area contributed by atoms with Gasteiger partial charge >= 0.3 is 5.97 Å². The largest absolute Gasteiger partial charge is 0.465 e. The second-order valence-electron chi connectivity index (χ2n) is 4.27. The number of carbonyl (C=O) groups is 1. The van der Waals surface area contributed by atoms with Gasteiger partial charge in [0.1, 0.15) is 11.6 Å². The second-order valence-corrected chi connectivity index (χ2v) is 4.27. The molecule has 0 fully saturated rings. The molecule has 0 spiro atoms. The van der Waals surface area contributed by atoms with Crippen LogP contribution < -0.4 is 5.32 Å². The third-order valence-corrected chi connectivity index (χ3v) is 2.77. The van der Waals surface area contributed by atoms with Crippen molar-refractivity contribution in [3.05, 3.63) is 59.2 Å². The van der Waals surface area contributed by atoms with E-state index in [0.29, 0.717) is 5.56 Å². The first-order chi connectivity index (χ1) is 9.52. The van der Waals surface area contributed by atoms with Crippen molar-refractivity contribution in [2.45, 2.75) is 6.92 Å². The van der Waals surface area contributed by atoms with Crippen LogP contribution in [0.1, 0.15) is 15.9 Å². The Balaban J connectivity index is 2.50. The fourth-order valence-electron chi connectivity index (χ4n) is 1.84. The number of ether oxygens (including phenoxy) is 1. The monoisotopic (exact) mass is 277 g/mol. The first kappa shape index (κ1) is 14.0. The summed E-state index contributed by atoms with van der Waals surface area (Å²) in [6.07, 6.45) is 0. The lowest BCUT2D eigenvalue weighted by atomic mass is 10.1. The number of aryl methyl sites for hydroxylation is 1. The molecule has 0 heterocycles. The first-order valence-corrected chi connectivity index (χ1v) is 5.93. The molecule has 1 N–H and O–H groups in total. The van der Waals surface area contributed by atoms with Gasteiger partial charge in [-0.15, -0.1) is 0 Å². The average Bonchev–Trinajstić information content (AvgIpc) is 2.42. The third-order valence-electron chi connectivity index (χ3n) is 2.77. The van der Waals surface area contributed by atoms with Crippen molar-refractivity contribution in [3.8, 4) is 0 Å². The zero-order valence-electron chi connectivity index (χ0n) is 11.0. The number of methoxy groups -OCH3 is 1. The van der Waals surface area contributed by atoms with Gasteiger partial charge in [0.25, 0.3) is 0 Å². The minimum absolute atomic E-state index is 0.0215. The van der Waals surface area contributed by atoms with Gasteiger partial charge < -0.3 is 10.1 Å². The number of nitrogens with one attached hydrogen (secondary N) is 1. The highest BCUT2D eigenvalue weighted by molar-refractivity contribution is 5.97. The lowest BCUT2D eigenvalue weighted by Crippen LogP contribution is -2.08. The first-order valence-electron chi connectivity index (χ1n) is 5.93. The van der Waals surface area contributed by atoms with Gasteiger partial charge in [-0.2, -0.15) is 0 Å². The average molecular weight is 277 g/mol. The summed E-state index contributed by atoms with van der Waals surface area (Å²) in [5, 5.41) is 2.60. The molecule has 0 aliphatic carbocycles. The molecule has 0 unspecified atom stereocenters. The van der Waals surface area contributed by atoms with Crippen molar-refractivity contribution < 1.29 is 18.3 Å². The van der Waals surface area contributed by atoms with E-state index in [1.165, 1.54) is 37.4 Å². The Kier molecular flexibility index (Phi) is 3.98. The standard InChI is InChI=1S/C15H13F2NO2/c1-9-7-10(15(19)20-2)14(12(17)8-9)18-13-6-4-3-5-11(13)16/h3-8,18H,1-2H3. The molecular weight excluding hydrogens is 264 g/mol. The van der Waals surface area contributed by atoms with E-state index in [1.807, 2.05) is 0 Å². The molecule has 2 aromatic rings. The summed E-state index contributed by atoms with van der Waals surface area (Å²) in [5.41, 5.74) is 0.572. The molecule has 0 aliphatic heterocycles. The molecule has 2 rings (SSSR count). The van der Waals surface area contributed by atoms with Crippen molar-refractivity contribution in [2.24, 2.45) is 0 Å². The van der Waals surface area contributed by atoms with E-state index in [4.69, 9.17) is 0 Å². The van der Waals surface area contributed by atoms with Crippen molar-refractivity contribution in [1.29, 1.82) is 0 Å². The van der Waals surface area contributed by atoms with Crippen molar-refractivity contribution >= 4 is 17.3 Å². The molecule has 0 bridgehead atoms. The summed E-state index contributed by atoms with van der Waals surface area (Å²) in [6.45, 7) is 1.66. The Morgan fingerprint density at radius 1 is 1.15 bits per heavy atom. The number of halogens is 2. The molecule has 0 aromatic heterocycles. The van der Waals surface area contributed by atoms with Gasteiger partial charge in [0, 0.05) is 0 Å². The van der Waals surface area contributed by atoms with Gasteiger partial charge in [-0.1, -0.05) is 12.1 Å². The highest BCUT2D eigenvalue weighted by Crippen LogP contribution is 2.27. The fourth-order valence-corrected chi connectivity index (χ4v) is 1.84. The topological polar surface area (TPSA) is 38.3 Å². The highest BCUT2D eigenvalue weighted by Gasteiger charge is 2.18. The molecule has 104 valence electrons. The summed E-state index contributed by atoms with van der Waals surface area (Å²) in [6, 6.07) is 8.57. The van der Waals surface area contributed by atoms with Crippen molar-refractivity contribution in [2.75, 3.05) is 12.4 Å². The van der Waals surface area contributed by atoms with Crippen LogP contribution in [0.5, 0.6) is 0 Å². The number of anilines is 2. The minimum Gasteiger partial charge on any atom is -0.465 e. The Bertz CT molecular complexity index is 656. The Morgan fingerprint density at radius 3 is 2.50 bits per heavy atom. The number of para-hydroxylation sites is 1. The minimum atomic E-state index is -0.688. The normalized spacial score (nSPS) is 10.2. The van der Waals surface area contributed by atoms with Crippen LogP contribution in [0.25, 0.3) is 0 Å². The molecule has 0 atom stereocenters. The summed E-state index contributed by atoms with van der Waals surface area (Å²) < 4.78 is 32.2. The van der Waals surface area contributed by atoms with E-state index < -0.39 is 17.6 Å². The number of esters is 1. The van der Waals surface area contributed by atoms with Crippen LogP contribution in [0.2, 0.25) is 0 Å². The van der Waals surface area contributed by atoms with Gasteiger partial charge in [0.15, 0.2) is 0 Å². The zero-order chi connectivity index (χ0) is 14.7. The van der Waals surface area contributed by atoms with E-state index in [0.717, 1.165) is 0 Å². The van der Waals surface area contributed by atoms with Crippen molar-refractivity contribution in [1.82, 2.24) is 0 Å². The van der Waals surface area contributed by atoms with Gasteiger partial charge in [0.05, 0.1) is 24.0 Å². The van der Waals surface area contributed by atoms with Crippen LogP contribution in [0.4, 0.5) is 20.2 Å². The van der Waals surface area contributed by atoms with Crippen LogP contribution >= 0.6 is 0 Å². The van der Waals surface area contributed by atoms with Crippen LogP contribution in [-0.4, -0.2) is 13.1 Å². The maximum atomic E-state index is 14.0. The van der Waals surface area contributed by atoms with E-state index in [-0.39, 0.29) is 16.9 Å².